The predicted octanol–water partition coefficient (Wildman–Crippen LogP) is 2.72. The summed E-state index contributed by atoms with van der Waals surface area (Å²) in [5.74, 6) is 1.31. The number of amides is 2. The van der Waals surface area contributed by atoms with E-state index < -0.39 is 0 Å². The van der Waals surface area contributed by atoms with E-state index in [4.69, 9.17) is 0 Å². The zero-order chi connectivity index (χ0) is 14.3. The smallest absolute Gasteiger partial charge is 0.315 e. The lowest BCUT2D eigenvalue weighted by Crippen LogP contribution is -2.36. The molecule has 2 aliphatic heterocycles. The van der Waals surface area contributed by atoms with Crippen LogP contribution >= 0.6 is 11.8 Å². The minimum Gasteiger partial charge on any atom is -0.332 e. The number of unbranched alkanes of at least 4 members (excludes halogenated alkanes) is 2. The van der Waals surface area contributed by atoms with Gasteiger partial charge in [0.2, 0.25) is 0 Å². The first-order valence-corrected chi connectivity index (χ1v) is 8.40. The van der Waals surface area contributed by atoms with E-state index >= 15 is 0 Å². The standard InChI is InChI=1S/C12H20N2O2S.C2H6/c1-8(15)5-3-2-4-6-10-11-9(7-17-10)13-12(16)14-11;1-2/h9-11H,2-7H2,1H3,(H2,13,14,16);1-2H3/t9-,10-,11-;/m0./s1. The topological polar surface area (TPSA) is 58.2 Å². The highest BCUT2D eigenvalue weighted by molar-refractivity contribution is 8.00. The average Bonchev–Trinajstić information content (AvgIpc) is 2.91. The lowest BCUT2D eigenvalue weighted by molar-refractivity contribution is -0.117. The van der Waals surface area contributed by atoms with E-state index in [9.17, 15) is 9.59 Å². The lowest BCUT2D eigenvalue weighted by Gasteiger charge is -2.16. The fourth-order valence-corrected chi connectivity index (χ4v) is 4.08. The summed E-state index contributed by atoms with van der Waals surface area (Å²) in [4.78, 5) is 22.0. The maximum Gasteiger partial charge on any atom is 0.315 e. The number of Topliss-reactive ketones (excluding diaryl/α,β-unsaturated/α-hetero) is 1. The Morgan fingerprint density at radius 1 is 1.26 bits per heavy atom. The number of urea groups is 1. The van der Waals surface area contributed by atoms with Crippen LogP contribution in [-0.4, -0.2) is 34.9 Å². The molecule has 110 valence electrons. The number of carbonyl (C=O) groups is 2. The van der Waals surface area contributed by atoms with Crippen LogP contribution in [0.15, 0.2) is 0 Å². The first kappa shape index (κ1) is 16.3. The average molecular weight is 286 g/mol. The minimum atomic E-state index is -0.0121. The highest BCUT2D eigenvalue weighted by Gasteiger charge is 2.42. The molecule has 0 unspecified atom stereocenters. The van der Waals surface area contributed by atoms with Crippen molar-refractivity contribution < 1.29 is 9.59 Å². The summed E-state index contributed by atoms with van der Waals surface area (Å²) in [5.41, 5.74) is 0. The summed E-state index contributed by atoms with van der Waals surface area (Å²) < 4.78 is 0. The Morgan fingerprint density at radius 3 is 2.68 bits per heavy atom. The van der Waals surface area contributed by atoms with Gasteiger partial charge >= 0.3 is 6.03 Å². The molecule has 2 heterocycles. The number of ketones is 1. The molecule has 0 spiro atoms. The van der Waals surface area contributed by atoms with Crippen LogP contribution in [0, 0.1) is 0 Å². The fraction of sp³-hybridized carbons (Fsp3) is 0.857. The van der Waals surface area contributed by atoms with E-state index in [2.05, 4.69) is 10.6 Å². The number of thioether (sulfide) groups is 1. The summed E-state index contributed by atoms with van der Waals surface area (Å²) in [5, 5.41) is 6.50. The molecule has 2 saturated heterocycles. The van der Waals surface area contributed by atoms with Crippen LogP contribution < -0.4 is 10.6 Å². The normalized spacial score (nSPS) is 27.9. The Hall–Kier alpha value is -0.710. The molecule has 19 heavy (non-hydrogen) atoms. The summed E-state index contributed by atoms with van der Waals surface area (Å²) in [6.45, 7) is 5.65. The molecule has 2 amide bonds. The third-order valence-electron chi connectivity index (χ3n) is 3.46. The molecule has 2 N–H and O–H groups in total. The van der Waals surface area contributed by atoms with Gasteiger partial charge in [-0.3, -0.25) is 0 Å². The summed E-state index contributed by atoms with van der Waals surface area (Å²) in [6, 6.07) is 0.636. The Morgan fingerprint density at radius 2 is 2.00 bits per heavy atom. The van der Waals surface area contributed by atoms with Crippen molar-refractivity contribution in [1.29, 1.82) is 0 Å². The zero-order valence-electron chi connectivity index (χ0n) is 12.2. The van der Waals surface area contributed by atoms with Crippen molar-refractivity contribution in [1.82, 2.24) is 10.6 Å². The van der Waals surface area contributed by atoms with Crippen molar-refractivity contribution in [2.24, 2.45) is 0 Å². The van der Waals surface area contributed by atoms with Gasteiger partial charge in [-0.15, -0.1) is 0 Å². The highest BCUT2D eigenvalue weighted by atomic mass is 32.2. The molecule has 5 heteroatoms. The molecule has 2 fully saturated rings. The molecule has 2 aliphatic rings. The van der Waals surface area contributed by atoms with Crippen molar-refractivity contribution in [3.63, 3.8) is 0 Å². The number of hydrogen-bond acceptors (Lipinski definition) is 3. The van der Waals surface area contributed by atoms with E-state index in [1.807, 2.05) is 25.6 Å². The van der Waals surface area contributed by atoms with Gasteiger partial charge in [-0.1, -0.05) is 26.7 Å². The third-order valence-corrected chi connectivity index (χ3v) is 4.96. The Kier molecular flexibility index (Phi) is 7.28. The molecule has 0 radical (unpaired) electrons. The van der Waals surface area contributed by atoms with Crippen LogP contribution in [0.1, 0.15) is 52.9 Å². The van der Waals surface area contributed by atoms with Crippen molar-refractivity contribution in [2.75, 3.05) is 5.75 Å². The van der Waals surface area contributed by atoms with Gasteiger partial charge in [0.05, 0.1) is 12.1 Å². The number of carbonyl (C=O) groups excluding carboxylic acids is 2. The maximum atomic E-state index is 11.2. The molecule has 4 nitrogen and oxygen atoms in total. The van der Waals surface area contributed by atoms with Gasteiger partial charge in [0.15, 0.2) is 0 Å². The first-order chi connectivity index (χ1) is 9.16. The van der Waals surface area contributed by atoms with Crippen LogP contribution in [0.4, 0.5) is 4.79 Å². The van der Waals surface area contributed by atoms with Crippen LogP contribution in [0.3, 0.4) is 0 Å². The Labute approximate surface area is 120 Å². The van der Waals surface area contributed by atoms with Gasteiger partial charge in [-0.25, -0.2) is 4.79 Å². The highest BCUT2D eigenvalue weighted by Crippen LogP contribution is 2.33. The van der Waals surface area contributed by atoms with Gasteiger partial charge < -0.3 is 15.4 Å². The van der Waals surface area contributed by atoms with Gasteiger partial charge in [0, 0.05) is 17.4 Å². The van der Waals surface area contributed by atoms with Gasteiger partial charge in [0.1, 0.15) is 5.78 Å². The van der Waals surface area contributed by atoms with Crippen molar-refractivity contribution in [3.8, 4) is 0 Å². The Balaban J connectivity index is 0.000000861. The largest absolute Gasteiger partial charge is 0.332 e. The second-order valence-corrected chi connectivity index (χ2v) is 6.20. The Bertz CT molecular complexity index is 310. The van der Waals surface area contributed by atoms with Crippen LogP contribution in [0.2, 0.25) is 0 Å². The number of hydrogen-bond donors (Lipinski definition) is 2. The van der Waals surface area contributed by atoms with E-state index in [0.717, 1.165) is 31.4 Å². The van der Waals surface area contributed by atoms with E-state index in [1.54, 1.807) is 6.92 Å². The second kappa shape index (κ2) is 8.46. The van der Waals surface area contributed by atoms with Gasteiger partial charge in [-0.05, 0) is 19.8 Å². The molecule has 0 aromatic rings. The zero-order valence-corrected chi connectivity index (χ0v) is 13.0. The monoisotopic (exact) mass is 286 g/mol. The molecule has 0 bridgehead atoms. The number of nitrogens with one attached hydrogen (secondary N) is 2. The molecule has 3 atom stereocenters. The molecule has 0 aliphatic carbocycles. The molecule has 2 rings (SSSR count). The SMILES string of the molecule is CC.CC(=O)CCCCC[C@@H]1SC[C@@H]2NC(=O)N[C@@H]21. The van der Waals surface area contributed by atoms with E-state index in [-0.39, 0.29) is 11.8 Å². The molecular formula is C14H26N2O2S. The fourth-order valence-electron chi connectivity index (χ4n) is 2.54. The molecule has 0 saturated carbocycles. The lowest BCUT2D eigenvalue weighted by atomic mass is 10.0. The van der Waals surface area contributed by atoms with Crippen LogP contribution in [-0.2, 0) is 4.79 Å². The quantitative estimate of drug-likeness (QED) is 0.583. The first-order valence-electron chi connectivity index (χ1n) is 7.35. The van der Waals surface area contributed by atoms with E-state index in [0.29, 0.717) is 23.8 Å². The van der Waals surface area contributed by atoms with Crippen molar-refractivity contribution >= 4 is 23.6 Å². The second-order valence-electron chi connectivity index (χ2n) is 4.92. The van der Waals surface area contributed by atoms with Gasteiger partial charge in [0.25, 0.3) is 0 Å². The summed E-state index contributed by atoms with van der Waals surface area (Å²) in [7, 11) is 0. The third kappa shape index (κ3) is 5.05. The van der Waals surface area contributed by atoms with Crippen LogP contribution in [0.25, 0.3) is 0 Å². The molecule has 0 aromatic carbocycles. The number of fused-ring (bicyclic) bond motifs is 1. The van der Waals surface area contributed by atoms with Crippen molar-refractivity contribution in [3.05, 3.63) is 0 Å². The van der Waals surface area contributed by atoms with Crippen LogP contribution in [0.5, 0.6) is 0 Å². The van der Waals surface area contributed by atoms with Gasteiger partial charge in [-0.2, -0.15) is 11.8 Å². The van der Waals surface area contributed by atoms with E-state index in [1.165, 1.54) is 0 Å². The van der Waals surface area contributed by atoms with Crippen molar-refractivity contribution in [2.45, 2.75) is 70.2 Å². The molecule has 0 aromatic heterocycles. The molecular weight excluding hydrogens is 260 g/mol. The number of rotatable bonds is 6. The maximum absolute atomic E-state index is 11.2. The minimum absolute atomic E-state index is 0.0121. The summed E-state index contributed by atoms with van der Waals surface area (Å²) >= 11 is 1.96. The summed E-state index contributed by atoms with van der Waals surface area (Å²) in [6.07, 6.45) is 5.14. The predicted molar refractivity (Wildman–Crippen MR) is 80.6 cm³/mol.